The molecule has 3 amide bonds. The van der Waals surface area contributed by atoms with Crippen LogP contribution in [-0.4, -0.2) is 50.7 Å². The lowest BCUT2D eigenvalue weighted by atomic mass is 10.2. The van der Waals surface area contributed by atoms with Gasteiger partial charge < -0.3 is 19.7 Å². The molecule has 2 aromatic rings. The average Bonchev–Trinajstić information content (AvgIpc) is 3.07. The Balaban J connectivity index is 1.59. The van der Waals surface area contributed by atoms with Gasteiger partial charge in [0.05, 0.1) is 14.2 Å². The van der Waals surface area contributed by atoms with Gasteiger partial charge >= 0.3 is 6.03 Å². The summed E-state index contributed by atoms with van der Waals surface area (Å²) in [6.07, 6.45) is 0. The number of hydrogen-bond donors (Lipinski definition) is 1. The van der Waals surface area contributed by atoms with Crippen molar-refractivity contribution in [1.29, 1.82) is 0 Å². The number of anilines is 1. The van der Waals surface area contributed by atoms with Crippen molar-refractivity contribution in [2.45, 2.75) is 6.54 Å². The summed E-state index contributed by atoms with van der Waals surface area (Å²) in [4.78, 5) is 28.1. The summed E-state index contributed by atoms with van der Waals surface area (Å²) in [5, 5.41) is 3.40. The number of ether oxygens (including phenoxy) is 2. The molecule has 3 rings (SSSR count). The second-order valence-corrected chi connectivity index (χ2v) is 6.67. The van der Waals surface area contributed by atoms with Crippen LogP contribution in [0.2, 0.25) is 5.02 Å². The molecule has 0 atom stereocenters. The van der Waals surface area contributed by atoms with Gasteiger partial charge in [-0.2, -0.15) is 0 Å². The number of urea groups is 1. The highest BCUT2D eigenvalue weighted by molar-refractivity contribution is 6.31. The van der Waals surface area contributed by atoms with E-state index < -0.39 is 0 Å². The third kappa shape index (κ3) is 4.31. The summed E-state index contributed by atoms with van der Waals surface area (Å²) in [6, 6.07) is 12.4. The molecule has 0 radical (unpaired) electrons. The number of carbonyl (C=O) groups is 2. The van der Waals surface area contributed by atoms with E-state index in [0.29, 0.717) is 41.8 Å². The molecule has 148 valence electrons. The number of benzene rings is 2. The van der Waals surface area contributed by atoms with Crippen molar-refractivity contribution in [3.63, 3.8) is 0 Å². The molecule has 28 heavy (non-hydrogen) atoms. The van der Waals surface area contributed by atoms with Gasteiger partial charge in [-0.3, -0.25) is 9.69 Å². The molecule has 7 nitrogen and oxygen atoms in total. The van der Waals surface area contributed by atoms with E-state index in [-0.39, 0.29) is 18.5 Å². The second kappa shape index (κ2) is 8.84. The van der Waals surface area contributed by atoms with Crippen LogP contribution >= 0.6 is 11.6 Å². The van der Waals surface area contributed by atoms with Gasteiger partial charge in [0.1, 0.15) is 6.54 Å². The van der Waals surface area contributed by atoms with Crippen LogP contribution in [0.25, 0.3) is 0 Å². The summed E-state index contributed by atoms with van der Waals surface area (Å²) < 4.78 is 10.5. The van der Waals surface area contributed by atoms with Crippen LogP contribution < -0.4 is 19.7 Å². The third-order valence-corrected chi connectivity index (χ3v) is 4.91. The zero-order chi connectivity index (χ0) is 20.1. The van der Waals surface area contributed by atoms with Crippen LogP contribution in [0.4, 0.5) is 10.5 Å². The fraction of sp³-hybridized carbons (Fsp3) is 0.300. The first-order valence-electron chi connectivity index (χ1n) is 8.82. The molecule has 1 fully saturated rings. The first-order valence-corrected chi connectivity index (χ1v) is 9.20. The van der Waals surface area contributed by atoms with Crippen LogP contribution in [0.5, 0.6) is 11.5 Å². The topological polar surface area (TPSA) is 71.1 Å². The van der Waals surface area contributed by atoms with Gasteiger partial charge in [0.2, 0.25) is 5.91 Å². The quantitative estimate of drug-likeness (QED) is 0.771. The number of rotatable bonds is 7. The first-order chi connectivity index (χ1) is 13.5. The van der Waals surface area contributed by atoms with Crippen molar-refractivity contribution < 1.29 is 19.1 Å². The van der Waals surface area contributed by atoms with Crippen molar-refractivity contribution in [3.05, 3.63) is 53.1 Å². The van der Waals surface area contributed by atoms with Crippen LogP contribution in [-0.2, 0) is 11.3 Å². The van der Waals surface area contributed by atoms with Crippen LogP contribution in [0, 0.1) is 0 Å². The minimum absolute atomic E-state index is 0.00687. The predicted octanol–water partition coefficient (Wildman–Crippen LogP) is 2.92. The van der Waals surface area contributed by atoms with E-state index in [1.54, 1.807) is 43.4 Å². The van der Waals surface area contributed by atoms with E-state index in [4.69, 9.17) is 21.1 Å². The molecule has 0 spiro atoms. The zero-order valence-electron chi connectivity index (χ0n) is 15.8. The maximum absolute atomic E-state index is 12.7. The average molecular weight is 404 g/mol. The van der Waals surface area contributed by atoms with E-state index in [1.165, 1.54) is 4.90 Å². The standard InChI is InChI=1S/C20H22ClN3O4/c1-27-17-8-7-15(11-18(17)28-2)24-10-9-23(20(24)26)13-19(25)22-12-14-5-3-4-6-16(14)21/h3-8,11H,9-10,12-13H2,1-2H3,(H,22,25). The number of methoxy groups -OCH3 is 2. The summed E-state index contributed by atoms with van der Waals surface area (Å²) in [5.41, 5.74) is 1.53. The van der Waals surface area contributed by atoms with Crippen molar-refractivity contribution in [2.75, 3.05) is 38.8 Å². The Kier molecular flexibility index (Phi) is 6.26. The molecular formula is C20H22ClN3O4. The first kappa shape index (κ1) is 19.8. The van der Waals surface area contributed by atoms with Crippen LogP contribution in [0.3, 0.4) is 0 Å². The van der Waals surface area contributed by atoms with Gasteiger partial charge in [0.15, 0.2) is 11.5 Å². The lowest BCUT2D eigenvalue weighted by molar-refractivity contribution is -0.121. The number of halogens is 1. The minimum atomic E-state index is -0.234. The lowest BCUT2D eigenvalue weighted by Crippen LogP contribution is -2.39. The molecule has 0 bridgehead atoms. The van der Waals surface area contributed by atoms with Gasteiger partial charge in [0.25, 0.3) is 0 Å². The maximum Gasteiger partial charge on any atom is 0.325 e. The molecule has 0 unspecified atom stereocenters. The molecular weight excluding hydrogens is 382 g/mol. The number of carbonyl (C=O) groups excluding carboxylic acids is 2. The van der Waals surface area contributed by atoms with Crippen molar-refractivity contribution in [2.24, 2.45) is 0 Å². The Bertz CT molecular complexity index is 874. The largest absolute Gasteiger partial charge is 0.493 e. The number of nitrogens with zero attached hydrogens (tertiary/aromatic N) is 2. The summed E-state index contributed by atoms with van der Waals surface area (Å²) in [5.74, 6) is 0.903. The van der Waals surface area contributed by atoms with Crippen molar-refractivity contribution in [1.82, 2.24) is 10.2 Å². The monoisotopic (exact) mass is 403 g/mol. The van der Waals surface area contributed by atoms with E-state index in [2.05, 4.69) is 5.32 Å². The highest BCUT2D eigenvalue weighted by Gasteiger charge is 2.31. The lowest BCUT2D eigenvalue weighted by Gasteiger charge is -2.19. The Labute approximate surface area is 168 Å². The Morgan fingerprint density at radius 2 is 1.86 bits per heavy atom. The highest BCUT2D eigenvalue weighted by atomic mass is 35.5. The molecule has 1 saturated heterocycles. The summed E-state index contributed by atoms with van der Waals surface area (Å²) in [7, 11) is 3.10. The fourth-order valence-corrected chi connectivity index (χ4v) is 3.23. The SMILES string of the molecule is COc1ccc(N2CCN(CC(=O)NCc3ccccc3Cl)C2=O)cc1OC. The molecule has 2 aromatic carbocycles. The van der Waals surface area contributed by atoms with Gasteiger partial charge in [-0.25, -0.2) is 4.79 Å². The van der Waals surface area contributed by atoms with Crippen LogP contribution in [0.1, 0.15) is 5.56 Å². The normalized spacial score (nSPS) is 13.6. The molecule has 1 aliphatic rings. The van der Waals surface area contributed by atoms with E-state index in [9.17, 15) is 9.59 Å². The van der Waals surface area contributed by atoms with E-state index in [1.807, 2.05) is 18.2 Å². The number of amides is 3. The molecule has 0 aliphatic carbocycles. The maximum atomic E-state index is 12.7. The second-order valence-electron chi connectivity index (χ2n) is 6.26. The zero-order valence-corrected chi connectivity index (χ0v) is 16.5. The number of nitrogens with one attached hydrogen (secondary N) is 1. The molecule has 1 heterocycles. The van der Waals surface area contributed by atoms with Gasteiger partial charge in [-0.1, -0.05) is 29.8 Å². The van der Waals surface area contributed by atoms with Crippen molar-refractivity contribution >= 4 is 29.2 Å². The van der Waals surface area contributed by atoms with Crippen molar-refractivity contribution in [3.8, 4) is 11.5 Å². The summed E-state index contributed by atoms with van der Waals surface area (Å²) in [6.45, 7) is 1.27. The van der Waals surface area contributed by atoms with E-state index >= 15 is 0 Å². The summed E-state index contributed by atoms with van der Waals surface area (Å²) >= 11 is 6.09. The minimum Gasteiger partial charge on any atom is -0.493 e. The predicted molar refractivity (Wildman–Crippen MR) is 107 cm³/mol. The van der Waals surface area contributed by atoms with Gasteiger partial charge in [-0.15, -0.1) is 0 Å². The van der Waals surface area contributed by atoms with Crippen LogP contribution in [0.15, 0.2) is 42.5 Å². The molecule has 1 aliphatic heterocycles. The smallest absolute Gasteiger partial charge is 0.325 e. The molecule has 0 aromatic heterocycles. The molecule has 1 N–H and O–H groups in total. The Morgan fingerprint density at radius 1 is 1.11 bits per heavy atom. The van der Waals surface area contributed by atoms with Gasteiger partial charge in [0, 0.05) is 36.4 Å². The number of hydrogen-bond acceptors (Lipinski definition) is 4. The Hall–Kier alpha value is -2.93. The molecule has 0 saturated carbocycles. The third-order valence-electron chi connectivity index (χ3n) is 4.54. The molecule has 8 heteroatoms. The van der Waals surface area contributed by atoms with Gasteiger partial charge in [-0.05, 0) is 23.8 Å². The Morgan fingerprint density at radius 3 is 2.57 bits per heavy atom. The van der Waals surface area contributed by atoms with E-state index in [0.717, 1.165) is 5.56 Å². The highest BCUT2D eigenvalue weighted by Crippen LogP contribution is 2.32. The fourth-order valence-electron chi connectivity index (χ4n) is 3.03.